The van der Waals surface area contributed by atoms with Gasteiger partial charge in [0.25, 0.3) is 0 Å². The minimum atomic E-state index is -0.269. The lowest BCUT2D eigenvalue weighted by Gasteiger charge is -2.24. The van der Waals surface area contributed by atoms with E-state index in [0.29, 0.717) is 18.3 Å². The van der Waals surface area contributed by atoms with Gasteiger partial charge in [-0.3, -0.25) is 0 Å². The maximum atomic E-state index is 11.7. The Hall–Kier alpha value is -1.43. The number of carbonyl (C=O) groups excluding carboxylic acids is 1. The summed E-state index contributed by atoms with van der Waals surface area (Å²) >= 11 is 1.49. The zero-order valence-electron chi connectivity index (χ0n) is 9.25. The molecule has 86 valence electrons. The molecule has 16 heavy (non-hydrogen) atoms. The summed E-state index contributed by atoms with van der Waals surface area (Å²) in [5, 5.41) is 2.70. The Labute approximate surface area is 98.0 Å². The van der Waals surface area contributed by atoms with Crippen molar-refractivity contribution in [2.75, 3.05) is 6.54 Å². The lowest BCUT2D eigenvalue weighted by Crippen LogP contribution is -2.35. The number of urea groups is 1. The average Bonchev–Trinajstić information content (AvgIpc) is 2.75. The zero-order valence-corrected chi connectivity index (χ0v) is 10.1. The number of thiazole rings is 1. The summed E-state index contributed by atoms with van der Waals surface area (Å²) in [6.07, 6.45) is 1.71. The van der Waals surface area contributed by atoms with Crippen LogP contribution in [0.3, 0.4) is 0 Å². The molecule has 6 heteroatoms. The first-order valence-electron chi connectivity index (χ1n) is 5.13. The zero-order chi connectivity index (χ0) is 11.7. The van der Waals surface area contributed by atoms with E-state index in [-0.39, 0.29) is 12.1 Å². The second-order valence-corrected chi connectivity index (χ2v) is 5.06. The van der Waals surface area contributed by atoms with Crippen LogP contribution in [-0.4, -0.2) is 28.3 Å². The Balaban J connectivity index is 2.27. The Morgan fingerprint density at radius 3 is 2.94 bits per heavy atom. The van der Waals surface area contributed by atoms with Crippen LogP contribution in [0, 0.1) is 5.92 Å². The van der Waals surface area contributed by atoms with Gasteiger partial charge in [0.05, 0.1) is 0 Å². The molecule has 0 spiro atoms. The first-order valence-corrected chi connectivity index (χ1v) is 6.01. The van der Waals surface area contributed by atoms with Gasteiger partial charge in [0.1, 0.15) is 16.9 Å². The minimum Gasteiger partial charge on any atom is -0.385 e. The average molecular weight is 238 g/mol. The van der Waals surface area contributed by atoms with Crippen molar-refractivity contribution < 1.29 is 4.79 Å². The highest BCUT2D eigenvalue weighted by molar-refractivity contribution is 7.09. The second kappa shape index (κ2) is 4.21. The normalized spacial score (nSPS) is 20.7. The van der Waals surface area contributed by atoms with E-state index < -0.39 is 0 Å². The highest BCUT2D eigenvalue weighted by atomic mass is 32.1. The molecule has 0 aliphatic carbocycles. The maximum absolute atomic E-state index is 11.7. The molecule has 2 N–H and O–H groups in total. The molecule has 0 fully saturated rings. The van der Waals surface area contributed by atoms with Gasteiger partial charge in [0.15, 0.2) is 0 Å². The van der Waals surface area contributed by atoms with Crippen molar-refractivity contribution in [3.63, 3.8) is 0 Å². The first kappa shape index (κ1) is 11.1. The minimum absolute atomic E-state index is 0.258. The van der Waals surface area contributed by atoms with Crippen molar-refractivity contribution in [3.05, 3.63) is 16.6 Å². The molecule has 0 saturated heterocycles. The molecular formula is C10H14N4OS. The fourth-order valence-corrected chi connectivity index (χ4v) is 2.47. The predicted octanol–water partition coefficient (Wildman–Crippen LogP) is 1.63. The van der Waals surface area contributed by atoms with Gasteiger partial charge in [-0.15, -0.1) is 11.3 Å². The summed E-state index contributed by atoms with van der Waals surface area (Å²) in [5.74, 6) is 0.730. The molecule has 1 aromatic rings. The Morgan fingerprint density at radius 2 is 2.38 bits per heavy atom. The Morgan fingerprint density at radius 1 is 1.62 bits per heavy atom. The molecular weight excluding hydrogens is 224 g/mol. The largest absolute Gasteiger partial charge is 0.385 e. The number of amidine groups is 1. The Kier molecular flexibility index (Phi) is 2.91. The molecule has 0 aromatic carbocycles. The maximum Gasteiger partial charge on any atom is 0.346 e. The summed E-state index contributed by atoms with van der Waals surface area (Å²) in [6.45, 7) is 4.76. The van der Waals surface area contributed by atoms with Gasteiger partial charge < -0.3 is 10.6 Å². The van der Waals surface area contributed by atoms with Crippen LogP contribution in [-0.2, 0) is 0 Å². The smallest absolute Gasteiger partial charge is 0.346 e. The number of aliphatic imine (C=N–C) groups is 1. The number of rotatable bonds is 3. The fraction of sp³-hybridized carbons (Fsp3) is 0.500. The van der Waals surface area contributed by atoms with Crippen LogP contribution in [0.1, 0.15) is 24.9 Å². The van der Waals surface area contributed by atoms with E-state index in [4.69, 9.17) is 5.73 Å². The third-order valence-electron chi connectivity index (χ3n) is 2.31. The highest BCUT2D eigenvalue weighted by Gasteiger charge is 2.36. The first-order chi connectivity index (χ1) is 7.59. The standard InChI is InChI=1S/C10H14N4OS/c1-6(2)5-14-7(8(11)13-10(14)15)9-12-3-4-16-9/h3-4,6-7H,5H2,1-2H3,(H2,11,13,15). The van der Waals surface area contributed by atoms with E-state index in [1.165, 1.54) is 11.3 Å². The molecule has 2 rings (SSSR count). The van der Waals surface area contributed by atoms with E-state index in [9.17, 15) is 4.79 Å². The second-order valence-electron chi connectivity index (χ2n) is 4.14. The van der Waals surface area contributed by atoms with E-state index in [1.54, 1.807) is 11.1 Å². The Bertz CT molecular complexity index is 412. The van der Waals surface area contributed by atoms with Crippen LogP contribution in [0.15, 0.2) is 16.6 Å². The van der Waals surface area contributed by atoms with Crippen molar-refractivity contribution >= 4 is 23.2 Å². The van der Waals surface area contributed by atoms with Gasteiger partial charge in [-0.05, 0) is 5.92 Å². The van der Waals surface area contributed by atoms with Gasteiger partial charge in [0, 0.05) is 18.1 Å². The number of carbonyl (C=O) groups is 1. The van der Waals surface area contributed by atoms with Gasteiger partial charge in [-0.2, -0.15) is 4.99 Å². The molecule has 1 aliphatic heterocycles. The van der Waals surface area contributed by atoms with Crippen molar-refractivity contribution in [3.8, 4) is 0 Å². The number of amides is 2. The van der Waals surface area contributed by atoms with Crippen LogP contribution in [0.5, 0.6) is 0 Å². The van der Waals surface area contributed by atoms with E-state index in [0.717, 1.165) is 5.01 Å². The molecule has 0 radical (unpaired) electrons. The lowest BCUT2D eigenvalue weighted by atomic mass is 10.2. The molecule has 1 aliphatic rings. The molecule has 0 bridgehead atoms. The van der Waals surface area contributed by atoms with Crippen molar-refractivity contribution in [2.45, 2.75) is 19.9 Å². The number of hydrogen-bond donors (Lipinski definition) is 1. The predicted molar refractivity (Wildman–Crippen MR) is 63.4 cm³/mol. The van der Waals surface area contributed by atoms with E-state index in [1.807, 2.05) is 5.38 Å². The van der Waals surface area contributed by atoms with Gasteiger partial charge in [0.2, 0.25) is 0 Å². The van der Waals surface area contributed by atoms with Crippen LogP contribution < -0.4 is 5.73 Å². The van der Waals surface area contributed by atoms with Crippen molar-refractivity contribution in [1.29, 1.82) is 0 Å². The molecule has 2 heterocycles. The molecule has 1 unspecified atom stereocenters. The monoisotopic (exact) mass is 238 g/mol. The van der Waals surface area contributed by atoms with Crippen LogP contribution in [0.4, 0.5) is 4.79 Å². The summed E-state index contributed by atoms with van der Waals surface area (Å²) < 4.78 is 0. The molecule has 0 saturated carbocycles. The molecule has 2 amide bonds. The SMILES string of the molecule is CC(C)CN1C(=O)N=C(N)C1c1nccs1. The van der Waals surface area contributed by atoms with Crippen LogP contribution >= 0.6 is 11.3 Å². The lowest BCUT2D eigenvalue weighted by molar-refractivity contribution is 0.198. The number of nitrogens with zero attached hydrogens (tertiary/aromatic N) is 3. The topological polar surface area (TPSA) is 71.6 Å². The van der Waals surface area contributed by atoms with Crippen LogP contribution in [0.2, 0.25) is 0 Å². The molecule has 1 atom stereocenters. The number of aromatic nitrogens is 1. The summed E-state index contributed by atoms with van der Waals surface area (Å²) in [4.78, 5) is 21.4. The fourth-order valence-electron chi connectivity index (χ4n) is 1.71. The summed E-state index contributed by atoms with van der Waals surface area (Å²) in [6, 6.07) is -0.527. The van der Waals surface area contributed by atoms with Crippen LogP contribution in [0.25, 0.3) is 0 Å². The van der Waals surface area contributed by atoms with E-state index >= 15 is 0 Å². The van der Waals surface area contributed by atoms with Gasteiger partial charge in [-0.25, -0.2) is 9.78 Å². The van der Waals surface area contributed by atoms with Crippen molar-refractivity contribution in [1.82, 2.24) is 9.88 Å². The number of hydrogen-bond acceptors (Lipinski definition) is 4. The molecule has 5 nitrogen and oxygen atoms in total. The summed E-state index contributed by atoms with van der Waals surface area (Å²) in [5.41, 5.74) is 5.78. The van der Waals surface area contributed by atoms with Gasteiger partial charge >= 0.3 is 6.03 Å². The third kappa shape index (κ3) is 1.92. The summed E-state index contributed by atoms with van der Waals surface area (Å²) in [7, 11) is 0. The third-order valence-corrected chi connectivity index (χ3v) is 3.14. The highest BCUT2D eigenvalue weighted by Crippen LogP contribution is 2.28. The van der Waals surface area contributed by atoms with E-state index in [2.05, 4.69) is 23.8 Å². The number of nitrogens with two attached hydrogens (primary N) is 1. The quantitative estimate of drug-likeness (QED) is 0.870. The van der Waals surface area contributed by atoms with Gasteiger partial charge in [-0.1, -0.05) is 13.8 Å². The molecule has 1 aromatic heterocycles. The van der Waals surface area contributed by atoms with Crippen molar-refractivity contribution in [2.24, 2.45) is 16.6 Å².